The van der Waals surface area contributed by atoms with Crippen molar-refractivity contribution in [2.24, 2.45) is 0 Å². The zero-order valence-corrected chi connectivity index (χ0v) is 17.9. The third-order valence-electron chi connectivity index (χ3n) is 4.98. The van der Waals surface area contributed by atoms with Gasteiger partial charge in [0.25, 0.3) is 10.0 Å². The summed E-state index contributed by atoms with van der Waals surface area (Å²) in [4.78, 5) is 0.0571. The first-order valence-electron chi connectivity index (χ1n) is 9.68. The van der Waals surface area contributed by atoms with Gasteiger partial charge in [-0.3, -0.25) is 8.71 Å². The minimum absolute atomic E-state index is 0.0571. The molecule has 0 bridgehead atoms. The van der Waals surface area contributed by atoms with E-state index in [9.17, 15) is 12.8 Å². The fourth-order valence-electron chi connectivity index (χ4n) is 3.28. The zero-order chi connectivity index (χ0) is 22.0. The molecule has 0 saturated heterocycles. The molecule has 0 saturated carbocycles. The van der Waals surface area contributed by atoms with Crippen molar-refractivity contribution < 1.29 is 17.5 Å². The summed E-state index contributed by atoms with van der Waals surface area (Å²) in [6.45, 7) is 1.75. The molecule has 0 aliphatic heterocycles. The molecule has 0 fully saturated rings. The van der Waals surface area contributed by atoms with Gasteiger partial charge in [0.05, 0.1) is 19.3 Å². The van der Waals surface area contributed by atoms with Gasteiger partial charge >= 0.3 is 0 Å². The van der Waals surface area contributed by atoms with Crippen molar-refractivity contribution >= 4 is 21.4 Å². The lowest BCUT2D eigenvalue weighted by Crippen LogP contribution is -2.31. The minimum Gasteiger partial charge on any atom is -0.497 e. The van der Waals surface area contributed by atoms with E-state index in [1.54, 1.807) is 52.9 Å². The largest absolute Gasteiger partial charge is 0.497 e. The van der Waals surface area contributed by atoms with Gasteiger partial charge in [-0.1, -0.05) is 25.1 Å². The number of rotatable bonds is 7. The molecule has 0 N–H and O–H groups in total. The molecule has 7 nitrogen and oxygen atoms in total. The number of benzene rings is 2. The van der Waals surface area contributed by atoms with Crippen LogP contribution in [0.2, 0.25) is 0 Å². The third-order valence-corrected chi connectivity index (χ3v) is 6.74. The van der Waals surface area contributed by atoms with Crippen molar-refractivity contribution in [2.75, 3.05) is 11.4 Å². The summed E-state index contributed by atoms with van der Waals surface area (Å²) in [5.74, 6) is 0.765. The van der Waals surface area contributed by atoms with E-state index in [1.165, 1.54) is 29.7 Å². The summed E-state index contributed by atoms with van der Waals surface area (Å²) in [5.41, 5.74) is 1.21. The van der Waals surface area contributed by atoms with Gasteiger partial charge in [-0.2, -0.15) is 0 Å². The Morgan fingerprint density at radius 3 is 2.45 bits per heavy atom. The van der Waals surface area contributed by atoms with Crippen LogP contribution in [0.1, 0.15) is 18.3 Å². The molecule has 0 aliphatic rings. The van der Waals surface area contributed by atoms with Gasteiger partial charge in [0.15, 0.2) is 5.65 Å². The van der Waals surface area contributed by atoms with Crippen LogP contribution in [0.25, 0.3) is 5.65 Å². The van der Waals surface area contributed by atoms with Crippen LogP contribution in [-0.2, 0) is 23.0 Å². The first kappa shape index (κ1) is 20.8. The molecule has 0 unspecified atom stereocenters. The van der Waals surface area contributed by atoms with Gasteiger partial charge in [-0.15, -0.1) is 10.2 Å². The Kier molecular flexibility index (Phi) is 5.60. The number of nitrogens with zero attached hydrogens (tertiary/aromatic N) is 4. The van der Waals surface area contributed by atoms with E-state index in [1.807, 2.05) is 6.92 Å². The maximum Gasteiger partial charge on any atom is 0.266 e. The molecule has 4 aromatic rings. The Bertz CT molecular complexity index is 1320. The van der Waals surface area contributed by atoms with Gasteiger partial charge in [-0.05, 0) is 42.5 Å². The Morgan fingerprint density at radius 2 is 1.77 bits per heavy atom. The van der Waals surface area contributed by atoms with E-state index in [0.29, 0.717) is 29.3 Å². The van der Waals surface area contributed by atoms with Gasteiger partial charge in [0.2, 0.25) is 0 Å². The van der Waals surface area contributed by atoms with E-state index in [4.69, 9.17) is 4.74 Å². The second-order valence-electron chi connectivity index (χ2n) is 6.86. The number of ether oxygens (including phenoxy) is 1. The molecule has 9 heteroatoms. The van der Waals surface area contributed by atoms with Crippen LogP contribution in [0.5, 0.6) is 5.75 Å². The fourth-order valence-corrected chi connectivity index (χ4v) is 4.73. The third kappa shape index (κ3) is 3.96. The van der Waals surface area contributed by atoms with Crippen LogP contribution < -0.4 is 9.04 Å². The molecule has 160 valence electrons. The molecule has 0 atom stereocenters. The molecule has 2 aromatic carbocycles. The SMILES string of the molecule is CCc1nnc2ccc(S(=O)(=O)N(Cc3ccccc3F)c3ccc(OC)cc3)cn12. The van der Waals surface area contributed by atoms with Crippen LogP contribution in [0.3, 0.4) is 0 Å². The quantitative estimate of drug-likeness (QED) is 0.437. The summed E-state index contributed by atoms with van der Waals surface area (Å²) in [6.07, 6.45) is 2.10. The lowest BCUT2D eigenvalue weighted by atomic mass is 10.2. The maximum absolute atomic E-state index is 14.4. The number of aromatic nitrogens is 3. The van der Waals surface area contributed by atoms with Gasteiger partial charge in [0, 0.05) is 18.2 Å². The topological polar surface area (TPSA) is 76.8 Å². The van der Waals surface area contributed by atoms with Crippen molar-refractivity contribution in [2.45, 2.75) is 24.8 Å². The average molecular weight is 441 g/mol. The molecule has 0 amide bonds. The Balaban J connectivity index is 1.83. The fraction of sp³-hybridized carbons (Fsp3) is 0.182. The number of aryl methyl sites for hydroxylation is 1. The molecule has 2 aromatic heterocycles. The summed E-state index contributed by atoms with van der Waals surface area (Å²) in [6, 6.07) is 15.8. The van der Waals surface area contributed by atoms with E-state index in [2.05, 4.69) is 10.2 Å². The molecular weight excluding hydrogens is 419 g/mol. The van der Waals surface area contributed by atoms with Crippen LogP contribution in [-0.4, -0.2) is 30.1 Å². The Labute approximate surface area is 179 Å². The average Bonchev–Trinajstić information content (AvgIpc) is 3.21. The first-order chi connectivity index (χ1) is 14.9. The van der Waals surface area contributed by atoms with Crippen molar-refractivity contribution in [3.63, 3.8) is 0 Å². The number of methoxy groups -OCH3 is 1. The Hall–Kier alpha value is -3.46. The molecule has 0 radical (unpaired) electrons. The molecular formula is C22H21FN4O3S. The number of hydrogen-bond acceptors (Lipinski definition) is 5. The number of sulfonamides is 1. The number of hydrogen-bond donors (Lipinski definition) is 0. The highest BCUT2D eigenvalue weighted by Crippen LogP contribution is 2.28. The number of halogens is 1. The summed E-state index contributed by atoms with van der Waals surface area (Å²) >= 11 is 0. The van der Waals surface area contributed by atoms with Crippen LogP contribution in [0.15, 0.2) is 71.8 Å². The van der Waals surface area contributed by atoms with E-state index >= 15 is 0 Å². The normalized spacial score (nSPS) is 11.6. The number of fused-ring (bicyclic) bond motifs is 1. The Morgan fingerprint density at radius 1 is 1.03 bits per heavy atom. The lowest BCUT2D eigenvalue weighted by Gasteiger charge is -2.25. The van der Waals surface area contributed by atoms with Crippen molar-refractivity contribution in [1.29, 1.82) is 0 Å². The maximum atomic E-state index is 14.4. The molecule has 31 heavy (non-hydrogen) atoms. The summed E-state index contributed by atoms with van der Waals surface area (Å²) in [7, 11) is -2.50. The number of anilines is 1. The summed E-state index contributed by atoms with van der Waals surface area (Å²) in [5, 5.41) is 8.13. The predicted molar refractivity (Wildman–Crippen MR) is 115 cm³/mol. The molecule has 0 spiro atoms. The van der Waals surface area contributed by atoms with Gasteiger partial charge in [0.1, 0.15) is 22.3 Å². The summed E-state index contributed by atoms with van der Waals surface area (Å²) < 4.78 is 49.8. The molecule has 4 rings (SSSR count). The predicted octanol–water partition coefficient (Wildman–Crippen LogP) is 3.83. The number of pyridine rings is 1. The zero-order valence-electron chi connectivity index (χ0n) is 17.1. The molecule has 2 heterocycles. The highest BCUT2D eigenvalue weighted by molar-refractivity contribution is 7.92. The van der Waals surface area contributed by atoms with Gasteiger partial charge < -0.3 is 4.74 Å². The highest BCUT2D eigenvalue weighted by Gasteiger charge is 2.27. The second kappa shape index (κ2) is 8.35. The van der Waals surface area contributed by atoms with Gasteiger partial charge in [-0.25, -0.2) is 12.8 Å². The standard InChI is InChI=1S/C22H21FN4O3S/c1-3-21-24-25-22-13-12-19(15-26(21)22)31(28,29)27(14-16-6-4-5-7-20(16)23)17-8-10-18(30-2)11-9-17/h4-13,15H,3,14H2,1-2H3. The van der Waals surface area contributed by atoms with Crippen molar-refractivity contribution in [3.05, 3.63) is 84.1 Å². The highest BCUT2D eigenvalue weighted by atomic mass is 32.2. The van der Waals surface area contributed by atoms with E-state index in [-0.39, 0.29) is 17.0 Å². The first-order valence-corrected chi connectivity index (χ1v) is 11.1. The van der Waals surface area contributed by atoms with E-state index < -0.39 is 15.8 Å². The van der Waals surface area contributed by atoms with Crippen molar-refractivity contribution in [3.8, 4) is 5.75 Å². The van der Waals surface area contributed by atoms with E-state index in [0.717, 1.165) is 0 Å². The molecule has 0 aliphatic carbocycles. The minimum atomic E-state index is -4.03. The smallest absolute Gasteiger partial charge is 0.266 e. The van der Waals surface area contributed by atoms with Crippen LogP contribution in [0, 0.1) is 5.82 Å². The van der Waals surface area contributed by atoms with Crippen LogP contribution in [0.4, 0.5) is 10.1 Å². The lowest BCUT2D eigenvalue weighted by molar-refractivity contribution is 0.415. The van der Waals surface area contributed by atoms with Crippen molar-refractivity contribution in [1.82, 2.24) is 14.6 Å². The second-order valence-corrected chi connectivity index (χ2v) is 8.73. The van der Waals surface area contributed by atoms with Crippen LogP contribution >= 0.6 is 0 Å². The monoisotopic (exact) mass is 440 g/mol.